The maximum absolute atomic E-state index is 5.49. The molecular formula is C16H28N2O. The molecule has 1 aliphatic rings. The van der Waals surface area contributed by atoms with Gasteiger partial charge in [0.05, 0.1) is 6.26 Å². The Balaban J connectivity index is 1.90. The lowest BCUT2D eigenvalue weighted by molar-refractivity contribution is 0.121. The predicted octanol–water partition coefficient (Wildman–Crippen LogP) is 2.92. The van der Waals surface area contributed by atoms with Gasteiger partial charge in [0.15, 0.2) is 0 Å². The normalized spacial score (nSPS) is 19.2. The first-order valence-corrected chi connectivity index (χ1v) is 7.65. The van der Waals surface area contributed by atoms with Gasteiger partial charge < -0.3 is 9.73 Å². The first-order chi connectivity index (χ1) is 9.16. The van der Waals surface area contributed by atoms with Crippen LogP contribution < -0.4 is 5.32 Å². The van der Waals surface area contributed by atoms with E-state index in [0.29, 0.717) is 12.1 Å². The fourth-order valence-electron chi connectivity index (χ4n) is 3.10. The summed E-state index contributed by atoms with van der Waals surface area (Å²) in [4.78, 5) is 2.64. The maximum atomic E-state index is 5.49. The van der Waals surface area contributed by atoms with Crippen LogP contribution in [0, 0.1) is 5.92 Å². The average Bonchev–Trinajstić information content (AvgIpc) is 2.89. The Hall–Kier alpha value is -0.800. The van der Waals surface area contributed by atoms with E-state index in [0.717, 1.165) is 18.1 Å². The molecule has 1 aromatic heterocycles. The molecule has 3 heteroatoms. The fraction of sp³-hybridized carbons (Fsp3) is 0.750. The van der Waals surface area contributed by atoms with E-state index >= 15 is 0 Å². The van der Waals surface area contributed by atoms with E-state index in [1.807, 2.05) is 6.07 Å². The molecule has 0 spiro atoms. The minimum atomic E-state index is 0.543. The maximum Gasteiger partial charge on any atom is 0.105 e. The molecule has 0 aliphatic carbocycles. The van der Waals surface area contributed by atoms with Crippen molar-refractivity contribution in [1.29, 1.82) is 0 Å². The third-order valence-electron chi connectivity index (χ3n) is 4.23. The minimum absolute atomic E-state index is 0.543. The standard InChI is InChI=1S/C16H28N2O/c1-13(2)18(12-15-6-8-17-9-7-15)14(3)11-16-5-4-10-19-16/h4-5,10,13-15,17H,6-9,11-12H2,1-3H3. The van der Waals surface area contributed by atoms with Crippen LogP contribution in [0.2, 0.25) is 0 Å². The number of hydrogen-bond donors (Lipinski definition) is 1. The Morgan fingerprint density at radius 1 is 1.32 bits per heavy atom. The van der Waals surface area contributed by atoms with Gasteiger partial charge in [-0.2, -0.15) is 0 Å². The lowest BCUT2D eigenvalue weighted by Gasteiger charge is -2.36. The molecule has 0 aromatic carbocycles. The topological polar surface area (TPSA) is 28.4 Å². The van der Waals surface area contributed by atoms with Gasteiger partial charge in [0, 0.05) is 25.0 Å². The number of nitrogens with one attached hydrogen (secondary N) is 1. The summed E-state index contributed by atoms with van der Waals surface area (Å²) in [5, 5.41) is 3.45. The second kappa shape index (κ2) is 7.11. The highest BCUT2D eigenvalue weighted by Crippen LogP contribution is 2.19. The van der Waals surface area contributed by atoms with Crippen molar-refractivity contribution in [2.45, 2.75) is 52.1 Å². The Bertz CT molecular complexity index is 342. The van der Waals surface area contributed by atoms with E-state index in [2.05, 4.69) is 37.1 Å². The molecule has 1 N–H and O–H groups in total. The molecule has 0 saturated carbocycles. The van der Waals surface area contributed by atoms with Crippen LogP contribution >= 0.6 is 0 Å². The van der Waals surface area contributed by atoms with Gasteiger partial charge in [-0.3, -0.25) is 4.90 Å². The van der Waals surface area contributed by atoms with Crippen molar-refractivity contribution in [1.82, 2.24) is 10.2 Å². The highest BCUT2D eigenvalue weighted by molar-refractivity contribution is 5.00. The van der Waals surface area contributed by atoms with Crippen molar-refractivity contribution in [3.8, 4) is 0 Å². The molecule has 1 saturated heterocycles. The molecule has 1 atom stereocenters. The van der Waals surface area contributed by atoms with E-state index < -0.39 is 0 Å². The minimum Gasteiger partial charge on any atom is -0.469 e. The fourth-order valence-corrected chi connectivity index (χ4v) is 3.10. The van der Waals surface area contributed by atoms with Crippen molar-refractivity contribution in [2.24, 2.45) is 5.92 Å². The van der Waals surface area contributed by atoms with E-state index in [9.17, 15) is 0 Å². The van der Waals surface area contributed by atoms with Gasteiger partial charge in [0.25, 0.3) is 0 Å². The monoisotopic (exact) mass is 264 g/mol. The largest absolute Gasteiger partial charge is 0.469 e. The van der Waals surface area contributed by atoms with Gasteiger partial charge in [-0.15, -0.1) is 0 Å². The van der Waals surface area contributed by atoms with Crippen LogP contribution in [0.1, 0.15) is 39.4 Å². The molecule has 3 nitrogen and oxygen atoms in total. The Labute approximate surface area is 117 Å². The SMILES string of the molecule is CC(C)N(CC1CCNCC1)C(C)Cc1ccco1. The van der Waals surface area contributed by atoms with Gasteiger partial charge in [0.2, 0.25) is 0 Å². The molecule has 0 amide bonds. The molecule has 108 valence electrons. The van der Waals surface area contributed by atoms with Crippen LogP contribution in [0.3, 0.4) is 0 Å². The molecule has 1 unspecified atom stereocenters. The van der Waals surface area contributed by atoms with Crippen LogP contribution in [0.5, 0.6) is 0 Å². The Morgan fingerprint density at radius 3 is 2.63 bits per heavy atom. The Kier molecular flexibility index (Phi) is 5.46. The lowest BCUT2D eigenvalue weighted by Crippen LogP contribution is -2.44. The molecule has 2 heterocycles. The van der Waals surface area contributed by atoms with Gasteiger partial charge in [-0.05, 0) is 64.8 Å². The van der Waals surface area contributed by atoms with Crippen LogP contribution in [-0.4, -0.2) is 36.6 Å². The van der Waals surface area contributed by atoms with Crippen LogP contribution in [0.25, 0.3) is 0 Å². The van der Waals surface area contributed by atoms with Crippen molar-refractivity contribution < 1.29 is 4.42 Å². The number of piperidine rings is 1. The molecule has 2 rings (SSSR count). The highest BCUT2D eigenvalue weighted by atomic mass is 16.3. The van der Waals surface area contributed by atoms with Crippen molar-refractivity contribution in [3.05, 3.63) is 24.2 Å². The molecular weight excluding hydrogens is 236 g/mol. The van der Waals surface area contributed by atoms with Crippen molar-refractivity contribution in [2.75, 3.05) is 19.6 Å². The van der Waals surface area contributed by atoms with Gasteiger partial charge in [-0.1, -0.05) is 0 Å². The van der Waals surface area contributed by atoms with Crippen molar-refractivity contribution in [3.63, 3.8) is 0 Å². The van der Waals surface area contributed by atoms with E-state index in [-0.39, 0.29) is 0 Å². The molecule has 1 fully saturated rings. The summed E-state index contributed by atoms with van der Waals surface area (Å²) in [6, 6.07) is 5.20. The van der Waals surface area contributed by atoms with Gasteiger partial charge in [0.1, 0.15) is 5.76 Å². The number of nitrogens with zero attached hydrogens (tertiary/aromatic N) is 1. The highest BCUT2D eigenvalue weighted by Gasteiger charge is 2.23. The lowest BCUT2D eigenvalue weighted by atomic mass is 9.96. The van der Waals surface area contributed by atoms with Crippen LogP contribution in [0.4, 0.5) is 0 Å². The van der Waals surface area contributed by atoms with Crippen molar-refractivity contribution >= 4 is 0 Å². The summed E-state index contributed by atoms with van der Waals surface area (Å²) < 4.78 is 5.49. The van der Waals surface area contributed by atoms with Crippen LogP contribution in [0.15, 0.2) is 22.8 Å². The molecule has 0 bridgehead atoms. The van der Waals surface area contributed by atoms with E-state index in [4.69, 9.17) is 4.42 Å². The zero-order valence-electron chi connectivity index (χ0n) is 12.6. The third kappa shape index (κ3) is 4.36. The van der Waals surface area contributed by atoms with Gasteiger partial charge >= 0.3 is 0 Å². The number of hydrogen-bond acceptors (Lipinski definition) is 3. The first kappa shape index (κ1) is 14.6. The molecule has 0 radical (unpaired) electrons. The zero-order chi connectivity index (χ0) is 13.7. The molecule has 1 aromatic rings. The predicted molar refractivity (Wildman–Crippen MR) is 79.3 cm³/mol. The summed E-state index contributed by atoms with van der Waals surface area (Å²) in [5.41, 5.74) is 0. The summed E-state index contributed by atoms with van der Waals surface area (Å²) in [6.07, 6.45) is 5.41. The quantitative estimate of drug-likeness (QED) is 0.856. The number of furan rings is 1. The summed E-state index contributed by atoms with van der Waals surface area (Å²) in [5.74, 6) is 1.95. The summed E-state index contributed by atoms with van der Waals surface area (Å²) >= 11 is 0. The van der Waals surface area contributed by atoms with E-state index in [1.165, 1.54) is 32.5 Å². The summed E-state index contributed by atoms with van der Waals surface area (Å²) in [7, 11) is 0. The average molecular weight is 264 g/mol. The first-order valence-electron chi connectivity index (χ1n) is 7.65. The zero-order valence-corrected chi connectivity index (χ0v) is 12.6. The van der Waals surface area contributed by atoms with E-state index in [1.54, 1.807) is 6.26 Å². The van der Waals surface area contributed by atoms with Crippen LogP contribution in [-0.2, 0) is 6.42 Å². The third-order valence-corrected chi connectivity index (χ3v) is 4.23. The second-order valence-corrected chi connectivity index (χ2v) is 6.12. The van der Waals surface area contributed by atoms with Gasteiger partial charge in [-0.25, -0.2) is 0 Å². The molecule has 19 heavy (non-hydrogen) atoms. The molecule has 1 aliphatic heterocycles. The summed E-state index contributed by atoms with van der Waals surface area (Å²) in [6.45, 7) is 10.5. The Morgan fingerprint density at radius 2 is 2.05 bits per heavy atom. The number of rotatable bonds is 6. The smallest absolute Gasteiger partial charge is 0.105 e. The second-order valence-electron chi connectivity index (χ2n) is 6.12.